The number of hydroxylamine groups is 2. The van der Waals surface area contributed by atoms with Gasteiger partial charge in [0.15, 0.2) is 0 Å². The van der Waals surface area contributed by atoms with Crippen LogP contribution in [0, 0.1) is 5.92 Å². The summed E-state index contributed by atoms with van der Waals surface area (Å²) < 4.78 is 1.65. The maximum atomic E-state index is 13.6. The summed E-state index contributed by atoms with van der Waals surface area (Å²) in [6, 6.07) is 0. The lowest BCUT2D eigenvalue weighted by atomic mass is 10.1. The summed E-state index contributed by atoms with van der Waals surface area (Å²) >= 11 is 20.6. The van der Waals surface area contributed by atoms with Crippen molar-refractivity contribution < 1.29 is 14.7 Å². The van der Waals surface area contributed by atoms with Gasteiger partial charge in [-0.15, -0.1) is 11.3 Å². The number of aliphatic hydroxyl groups is 1. The van der Waals surface area contributed by atoms with Gasteiger partial charge in [-0.2, -0.15) is 0 Å². The molecule has 3 aromatic rings. The minimum atomic E-state index is -1.94. The van der Waals surface area contributed by atoms with Crippen molar-refractivity contribution in [2.75, 3.05) is 13.2 Å². The van der Waals surface area contributed by atoms with E-state index in [1.807, 2.05) is 13.8 Å². The summed E-state index contributed by atoms with van der Waals surface area (Å²) in [5.74, 6) is -0.661. The number of imidazole rings is 1. The lowest BCUT2D eigenvalue weighted by Crippen LogP contribution is -2.39. The number of hydrogen-bond donors (Lipinski definition) is 1. The van der Waals surface area contributed by atoms with Gasteiger partial charge in [0.25, 0.3) is 11.5 Å². The van der Waals surface area contributed by atoms with Crippen molar-refractivity contribution >= 4 is 62.3 Å². The summed E-state index contributed by atoms with van der Waals surface area (Å²) in [5, 5.41) is 10.7. The van der Waals surface area contributed by atoms with Crippen LogP contribution in [0.3, 0.4) is 0 Å². The number of carbonyl (C=O) groups is 1. The van der Waals surface area contributed by atoms with Crippen LogP contribution in [-0.4, -0.2) is 54.0 Å². The molecule has 0 bridgehead atoms. The number of nitrogens with zero attached hydrogens (tertiary/aromatic N) is 5. The van der Waals surface area contributed by atoms with Gasteiger partial charge >= 0.3 is 5.69 Å². The monoisotopic (exact) mass is 535 g/mol. The lowest BCUT2D eigenvalue weighted by Gasteiger charge is -2.23. The molecule has 1 atom stereocenters. The highest BCUT2D eigenvalue weighted by molar-refractivity contribution is 7.19. The summed E-state index contributed by atoms with van der Waals surface area (Å²) in [4.78, 5) is 49.3. The number of hydrogen-bond acceptors (Lipinski definition) is 7. The van der Waals surface area contributed by atoms with E-state index in [1.54, 1.807) is 0 Å². The predicted molar refractivity (Wildman–Crippen MR) is 125 cm³/mol. The van der Waals surface area contributed by atoms with Gasteiger partial charge < -0.3 is 5.11 Å². The number of fused-ring (bicyclic) bond motifs is 1. The molecule has 0 radical (unpaired) electrons. The average molecular weight is 537 g/mol. The molecule has 0 spiro atoms. The Labute approximate surface area is 206 Å². The molecule has 0 aliphatic carbocycles. The van der Waals surface area contributed by atoms with E-state index in [1.165, 1.54) is 28.6 Å². The van der Waals surface area contributed by atoms with Crippen molar-refractivity contribution in [3.05, 3.63) is 49.0 Å². The molecule has 0 saturated carbocycles. The van der Waals surface area contributed by atoms with Crippen molar-refractivity contribution in [1.82, 2.24) is 23.7 Å². The van der Waals surface area contributed by atoms with Crippen molar-refractivity contribution in [1.29, 1.82) is 0 Å². The Morgan fingerprint density at radius 2 is 2.09 bits per heavy atom. The first-order valence-electron chi connectivity index (χ1n) is 9.91. The fourth-order valence-electron chi connectivity index (χ4n) is 3.62. The fourth-order valence-corrected chi connectivity index (χ4v) is 5.89. The second kappa shape index (κ2) is 8.71. The third-order valence-electron chi connectivity index (χ3n) is 5.13. The first-order chi connectivity index (χ1) is 15.4. The van der Waals surface area contributed by atoms with Crippen molar-refractivity contribution in [3.8, 4) is 0 Å². The number of aromatic nitrogens is 4. The van der Waals surface area contributed by atoms with Gasteiger partial charge in [0.05, 0.1) is 22.4 Å². The number of carbonyl (C=O) groups excluding carboxylic acids is 1. The van der Waals surface area contributed by atoms with Gasteiger partial charge in [-0.3, -0.25) is 28.1 Å². The Morgan fingerprint density at radius 3 is 2.64 bits per heavy atom. The number of thiophene rings is 1. The molecule has 1 aliphatic rings. The highest BCUT2D eigenvalue weighted by Crippen LogP contribution is 2.46. The Balaban J connectivity index is 2.09. The summed E-state index contributed by atoms with van der Waals surface area (Å²) in [6.07, 6.45) is 1.92. The van der Waals surface area contributed by atoms with Crippen LogP contribution < -0.4 is 11.2 Å². The Kier molecular flexibility index (Phi) is 6.40. The molecule has 1 saturated heterocycles. The van der Waals surface area contributed by atoms with Crippen LogP contribution in [-0.2, 0) is 22.9 Å². The molecule has 10 nitrogen and oxygen atoms in total. The number of amides is 1. The minimum absolute atomic E-state index is 0.0188. The molecule has 14 heteroatoms. The molecule has 0 unspecified atom stereocenters. The molecule has 1 fully saturated rings. The van der Waals surface area contributed by atoms with E-state index in [2.05, 4.69) is 4.98 Å². The van der Waals surface area contributed by atoms with Crippen molar-refractivity contribution in [3.63, 3.8) is 0 Å². The number of halogens is 3. The third kappa shape index (κ3) is 4.00. The number of rotatable bonds is 5. The summed E-state index contributed by atoms with van der Waals surface area (Å²) in [7, 11) is 1.34. The van der Waals surface area contributed by atoms with E-state index in [9.17, 15) is 19.5 Å². The molecule has 4 rings (SSSR count). The Hall–Kier alpha value is -1.89. The average Bonchev–Trinajstić information content (AvgIpc) is 3.47. The van der Waals surface area contributed by atoms with E-state index in [0.717, 1.165) is 21.0 Å². The van der Waals surface area contributed by atoms with E-state index in [-0.39, 0.29) is 45.0 Å². The molecule has 1 N–H and O–H groups in total. The Bertz CT molecular complexity index is 1360. The van der Waals surface area contributed by atoms with Crippen LogP contribution in [0.25, 0.3) is 10.2 Å². The van der Waals surface area contributed by atoms with E-state index in [0.29, 0.717) is 6.54 Å². The van der Waals surface area contributed by atoms with Crippen LogP contribution in [0.1, 0.15) is 29.1 Å². The van der Waals surface area contributed by atoms with Crippen LogP contribution >= 0.6 is 46.1 Å². The van der Waals surface area contributed by atoms with Gasteiger partial charge in [0.2, 0.25) is 9.74 Å². The molecule has 1 amide bonds. The second-order valence-electron chi connectivity index (χ2n) is 8.06. The van der Waals surface area contributed by atoms with Crippen LogP contribution in [0.4, 0.5) is 0 Å². The van der Waals surface area contributed by atoms with Gasteiger partial charge in [0, 0.05) is 26.0 Å². The standard InChI is InChI=1S/C19H20Cl3N5O5S/c1-9(2)6-25-16-12(14(29)24(3)18(25)31)11(15(30)27-7-10(28)8-32-27)13(33-16)19(21,22)26-5-4-23-17(26)20/h4-5,9-10,28H,6-8H2,1-3H3/t10-/m0/s1. The van der Waals surface area contributed by atoms with Crippen molar-refractivity contribution in [2.24, 2.45) is 13.0 Å². The number of β-amino-alcohol motifs (C(OH)–C–C–N with tert-alkyl or cyclic N) is 1. The molecular weight excluding hydrogens is 517 g/mol. The number of alkyl halides is 2. The third-order valence-corrected chi connectivity index (χ3v) is 7.70. The molecule has 3 aromatic heterocycles. The molecular formula is C19H20Cl3N5O5S. The number of aliphatic hydroxyl groups excluding tert-OH is 1. The quantitative estimate of drug-likeness (QED) is 0.500. The zero-order valence-corrected chi connectivity index (χ0v) is 20.9. The van der Waals surface area contributed by atoms with Gasteiger partial charge in [-0.1, -0.05) is 37.0 Å². The maximum absolute atomic E-state index is 13.6. The van der Waals surface area contributed by atoms with E-state index >= 15 is 0 Å². The summed E-state index contributed by atoms with van der Waals surface area (Å²) in [6.45, 7) is 3.94. The molecule has 0 aromatic carbocycles. The lowest BCUT2D eigenvalue weighted by molar-refractivity contribution is -0.0779. The maximum Gasteiger partial charge on any atom is 0.331 e. The van der Waals surface area contributed by atoms with Crippen LogP contribution in [0.15, 0.2) is 22.0 Å². The highest BCUT2D eigenvalue weighted by atomic mass is 35.5. The summed E-state index contributed by atoms with van der Waals surface area (Å²) in [5.41, 5.74) is -1.34. The topological polar surface area (TPSA) is 112 Å². The largest absolute Gasteiger partial charge is 0.389 e. The van der Waals surface area contributed by atoms with E-state index < -0.39 is 27.7 Å². The Morgan fingerprint density at radius 1 is 1.39 bits per heavy atom. The zero-order valence-electron chi connectivity index (χ0n) is 17.8. The second-order valence-corrected chi connectivity index (χ2v) is 10.7. The normalized spacial score (nSPS) is 17.0. The molecule has 33 heavy (non-hydrogen) atoms. The molecule has 178 valence electrons. The van der Waals surface area contributed by atoms with Gasteiger partial charge in [0.1, 0.15) is 17.5 Å². The van der Waals surface area contributed by atoms with Crippen molar-refractivity contribution in [2.45, 2.75) is 31.0 Å². The molecule has 4 heterocycles. The van der Waals surface area contributed by atoms with Gasteiger partial charge in [-0.25, -0.2) is 14.8 Å². The van der Waals surface area contributed by atoms with E-state index in [4.69, 9.17) is 39.6 Å². The van der Waals surface area contributed by atoms with Crippen LogP contribution in [0.5, 0.6) is 0 Å². The SMILES string of the molecule is CC(C)Cn1c(=O)n(C)c(=O)c2c(C(=O)N3C[C@H](O)CO3)c(C(Cl)(Cl)n3ccnc3Cl)sc21. The highest BCUT2D eigenvalue weighted by Gasteiger charge is 2.42. The van der Waals surface area contributed by atoms with Gasteiger partial charge in [-0.05, 0) is 17.5 Å². The first kappa shape index (κ1) is 24.2. The first-order valence-corrected chi connectivity index (χ1v) is 11.9. The predicted octanol–water partition coefficient (Wildman–Crippen LogP) is 2.15. The molecule has 1 aliphatic heterocycles. The zero-order chi connectivity index (χ0) is 24.2. The fraction of sp³-hybridized carbons (Fsp3) is 0.474. The smallest absolute Gasteiger partial charge is 0.331 e. The van der Waals surface area contributed by atoms with Crippen LogP contribution in [0.2, 0.25) is 5.28 Å². The minimum Gasteiger partial charge on any atom is -0.389 e.